The molecular formula is C2H5Na2O2PS. The van der Waals surface area contributed by atoms with E-state index < -0.39 is 6.49 Å². The summed E-state index contributed by atoms with van der Waals surface area (Å²) in [5.41, 5.74) is 0. The van der Waals surface area contributed by atoms with Crippen LogP contribution >= 0.6 is 6.49 Å². The average Bonchev–Trinajstić information content (AvgIpc) is 1.35. The standard InChI is InChI=1S/C2H7O2PS.2Na/c1-2-5(3,4)6;;/h2H2,1H3,(H2,3,4,6);;/q;2*+1/p-2. The van der Waals surface area contributed by atoms with E-state index in [9.17, 15) is 9.79 Å². The first-order chi connectivity index (χ1) is 2.56. The fourth-order valence-electron chi connectivity index (χ4n) is 0. The third-order valence-electron chi connectivity index (χ3n) is 0.387. The van der Waals surface area contributed by atoms with E-state index in [0.29, 0.717) is 0 Å². The normalized spacial score (nSPS) is 8.88. The van der Waals surface area contributed by atoms with Crippen LogP contribution in [0.4, 0.5) is 0 Å². The van der Waals surface area contributed by atoms with E-state index in [1.807, 2.05) is 0 Å². The fourth-order valence-corrected chi connectivity index (χ4v) is 0. The Morgan fingerprint density at radius 3 is 1.50 bits per heavy atom. The van der Waals surface area contributed by atoms with Crippen molar-refractivity contribution in [3.63, 3.8) is 0 Å². The van der Waals surface area contributed by atoms with Crippen LogP contribution in [0.5, 0.6) is 0 Å². The zero-order valence-electron chi connectivity index (χ0n) is 5.38. The van der Waals surface area contributed by atoms with Gasteiger partial charge in [0.15, 0.2) is 0 Å². The first-order valence-electron chi connectivity index (χ1n) is 1.57. The third kappa shape index (κ3) is 15.8. The van der Waals surface area contributed by atoms with Crippen molar-refractivity contribution in [3.05, 3.63) is 0 Å². The molecule has 0 radical (unpaired) electrons. The Hall–Kier alpha value is 2.57. The number of hydrogen-bond acceptors (Lipinski definition) is 3. The van der Waals surface area contributed by atoms with E-state index in [-0.39, 0.29) is 65.3 Å². The maximum atomic E-state index is 9.84. The Balaban J connectivity index is -0.000000125. The third-order valence-corrected chi connectivity index (χ3v) is 1.94. The first-order valence-corrected chi connectivity index (χ1v) is 4.39. The van der Waals surface area contributed by atoms with Crippen molar-refractivity contribution >= 4 is 18.3 Å². The molecule has 0 aromatic rings. The molecule has 0 fully saturated rings. The van der Waals surface area contributed by atoms with Crippen LogP contribution in [0.15, 0.2) is 0 Å². The molecular weight excluding hydrogens is 165 g/mol. The summed E-state index contributed by atoms with van der Waals surface area (Å²) < 4.78 is 0. The largest absolute Gasteiger partial charge is 1.00 e. The van der Waals surface area contributed by atoms with Crippen LogP contribution in [0.2, 0.25) is 0 Å². The van der Waals surface area contributed by atoms with Crippen molar-refractivity contribution in [3.8, 4) is 0 Å². The second-order valence-corrected chi connectivity index (χ2v) is 4.45. The second kappa shape index (κ2) is 7.67. The Labute approximate surface area is 98.8 Å². The fraction of sp³-hybridized carbons (Fsp3) is 1.00. The van der Waals surface area contributed by atoms with Crippen LogP contribution in [0, 0.1) is 0 Å². The van der Waals surface area contributed by atoms with Gasteiger partial charge >= 0.3 is 59.1 Å². The van der Waals surface area contributed by atoms with E-state index in [2.05, 4.69) is 11.8 Å². The molecule has 0 bridgehead atoms. The zero-order valence-corrected chi connectivity index (χ0v) is 11.1. The van der Waals surface area contributed by atoms with Crippen LogP contribution in [-0.4, -0.2) is 6.16 Å². The van der Waals surface area contributed by atoms with Crippen molar-refractivity contribution in [1.82, 2.24) is 0 Å². The zero-order chi connectivity index (χ0) is 5.21. The maximum absolute atomic E-state index is 9.84. The van der Waals surface area contributed by atoms with Gasteiger partial charge in [0, 0.05) is 0 Å². The van der Waals surface area contributed by atoms with E-state index in [0.717, 1.165) is 0 Å². The summed E-state index contributed by atoms with van der Waals surface area (Å²) >= 11 is 3.99. The van der Waals surface area contributed by atoms with Crippen molar-refractivity contribution < 1.29 is 68.9 Å². The Morgan fingerprint density at radius 2 is 1.50 bits per heavy atom. The Morgan fingerprint density at radius 1 is 1.38 bits per heavy atom. The predicted octanol–water partition coefficient (Wildman–Crippen LogP) is -6.96. The van der Waals surface area contributed by atoms with E-state index >= 15 is 0 Å². The summed E-state index contributed by atoms with van der Waals surface area (Å²) in [6.45, 7) is -1.78. The van der Waals surface area contributed by atoms with Crippen LogP contribution in [0.3, 0.4) is 0 Å². The Kier molecular flexibility index (Phi) is 16.2. The van der Waals surface area contributed by atoms with Gasteiger partial charge in [-0.05, 0) is 0 Å². The average molecular weight is 170 g/mol. The van der Waals surface area contributed by atoms with Crippen LogP contribution in [-0.2, 0) is 11.8 Å². The molecule has 38 valence electrons. The molecule has 8 heavy (non-hydrogen) atoms. The van der Waals surface area contributed by atoms with Gasteiger partial charge < -0.3 is 9.79 Å². The number of hydrogen-bond donors (Lipinski definition) is 0. The molecule has 0 N–H and O–H groups in total. The molecule has 0 aliphatic rings. The maximum Gasteiger partial charge on any atom is 1.00 e. The number of rotatable bonds is 1. The molecule has 2 nitrogen and oxygen atoms in total. The molecule has 0 heterocycles. The van der Waals surface area contributed by atoms with E-state index in [1.54, 1.807) is 0 Å². The molecule has 0 unspecified atom stereocenters. The van der Waals surface area contributed by atoms with Gasteiger partial charge in [-0.15, -0.1) is 11.8 Å². The molecule has 6 heteroatoms. The smallest absolute Gasteiger partial charge is 0.832 e. The predicted molar refractivity (Wildman–Crippen MR) is 24.8 cm³/mol. The molecule has 0 spiro atoms. The van der Waals surface area contributed by atoms with Crippen LogP contribution < -0.4 is 68.9 Å². The monoisotopic (exact) mass is 170 g/mol. The minimum atomic E-state index is -3.31. The van der Waals surface area contributed by atoms with Gasteiger partial charge in [-0.25, -0.2) is 6.49 Å². The SMILES string of the molecule is CCP([O-])([O-])=S.[Na+].[Na+]. The van der Waals surface area contributed by atoms with Crippen molar-refractivity contribution in [2.24, 2.45) is 0 Å². The van der Waals surface area contributed by atoms with Gasteiger partial charge in [0.05, 0.1) is 0 Å². The van der Waals surface area contributed by atoms with Crippen LogP contribution in [0.1, 0.15) is 6.92 Å². The van der Waals surface area contributed by atoms with Crippen LogP contribution in [0.25, 0.3) is 0 Å². The quantitative estimate of drug-likeness (QED) is 0.290. The summed E-state index contributed by atoms with van der Waals surface area (Å²) in [6.07, 6.45) is 0.0856. The molecule has 0 atom stereocenters. The van der Waals surface area contributed by atoms with Crippen molar-refractivity contribution in [2.75, 3.05) is 6.16 Å². The summed E-state index contributed by atoms with van der Waals surface area (Å²) in [6, 6.07) is 0. The van der Waals surface area contributed by atoms with Gasteiger partial charge in [-0.1, -0.05) is 13.1 Å². The molecule has 0 aromatic heterocycles. The molecule has 0 saturated heterocycles. The summed E-state index contributed by atoms with van der Waals surface area (Å²) in [7, 11) is 0. The van der Waals surface area contributed by atoms with Gasteiger partial charge in [-0.3, -0.25) is 0 Å². The molecule has 0 saturated carbocycles. The van der Waals surface area contributed by atoms with Gasteiger partial charge in [0.25, 0.3) is 0 Å². The van der Waals surface area contributed by atoms with E-state index in [1.165, 1.54) is 6.92 Å². The minimum absolute atomic E-state index is 0. The topological polar surface area (TPSA) is 46.1 Å². The molecule has 0 aliphatic heterocycles. The summed E-state index contributed by atoms with van der Waals surface area (Å²) in [4.78, 5) is 19.7. The minimum Gasteiger partial charge on any atom is -0.832 e. The second-order valence-electron chi connectivity index (χ2n) is 0.927. The Bertz CT molecular complexity index is 82.1. The summed E-state index contributed by atoms with van der Waals surface area (Å²) in [5.74, 6) is 0. The van der Waals surface area contributed by atoms with Crippen molar-refractivity contribution in [2.45, 2.75) is 6.92 Å². The van der Waals surface area contributed by atoms with Gasteiger partial charge in [-0.2, -0.15) is 0 Å². The first kappa shape index (κ1) is 16.9. The van der Waals surface area contributed by atoms with Gasteiger partial charge in [0.2, 0.25) is 0 Å². The van der Waals surface area contributed by atoms with Crippen molar-refractivity contribution in [1.29, 1.82) is 0 Å². The molecule has 0 rings (SSSR count). The molecule has 0 aromatic carbocycles. The molecule has 0 amide bonds. The summed E-state index contributed by atoms with van der Waals surface area (Å²) in [5, 5.41) is 0. The van der Waals surface area contributed by atoms with E-state index in [4.69, 9.17) is 0 Å². The van der Waals surface area contributed by atoms with Gasteiger partial charge in [0.1, 0.15) is 0 Å². The molecule has 0 aliphatic carbocycles.